The van der Waals surface area contributed by atoms with E-state index < -0.39 is 6.10 Å². The predicted molar refractivity (Wildman–Crippen MR) is 103 cm³/mol. The lowest BCUT2D eigenvalue weighted by Crippen LogP contribution is -2.30. The highest BCUT2D eigenvalue weighted by molar-refractivity contribution is 5.96. The van der Waals surface area contributed by atoms with E-state index in [0.29, 0.717) is 0 Å². The predicted octanol–water partition coefficient (Wildman–Crippen LogP) is 5.17. The molecule has 0 fully saturated rings. The van der Waals surface area contributed by atoms with Gasteiger partial charge >= 0.3 is 0 Å². The molecule has 3 aromatic rings. The molecule has 0 saturated heterocycles. The van der Waals surface area contributed by atoms with Crippen LogP contribution in [0.3, 0.4) is 0 Å². The Hall–Kier alpha value is -2.81. The van der Waals surface area contributed by atoms with E-state index in [1.807, 2.05) is 56.3 Å². The molecule has 3 nitrogen and oxygen atoms in total. The number of amides is 1. The summed E-state index contributed by atoms with van der Waals surface area (Å²) in [6, 6.07) is 18.1. The number of aryl methyl sites for hydroxylation is 2. The second-order valence-electron chi connectivity index (χ2n) is 6.52. The minimum atomic E-state index is -0.577. The van der Waals surface area contributed by atoms with Crippen LogP contribution in [0, 0.1) is 20.8 Å². The number of ether oxygens (including phenoxy) is 1. The van der Waals surface area contributed by atoms with Crippen LogP contribution in [-0.4, -0.2) is 12.0 Å². The van der Waals surface area contributed by atoms with E-state index in [1.165, 1.54) is 0 Å². The minimum absolute atomic E-state index is 0.158. The average Bonchev–Trinajstić information content (AvgIpc) is 2.59. The molecule has 0 aliphatic carbocycles. The van der Waals surface area contributed by atoms with Gasteiger partial charge in [-0.25, -0.2) is 0 Å². The summed E-state index contributed by atoms with van der Waals surface area (Å²) in [4.78, 5) is 12.5. The minimum Gasteiger partial charge on any atom is -0.481 e. The maximum atomic E-state index is 12.5. The van der Waals surface area contributed by atoms with E-state index in [0.717, 1.165) is 38.9 Å². The molecule has 0 saturated carbocycles. The molecule has 0 aromatic heterocycles. The highest BCUT2D eigenvalue weighted by atomic mass is 16.5. The van der Waals surface area contributed by atoms with Gasteiger partial charge in [-0.3, -0.25) is 4.79 Å². The van der Waals surface area contributed by atoms with Crippen molar-refractivity contribution in [3.63, 3.8) is 0 Å². The van der Waals surface area contributed by atoms with Crippen molar-refractivity contribution in [1.82, 2.24) is 0 Å². The maximum absolute atomic E-state index is 12.5. The summed E-state index contributed by atoms with van der Waals surface area (Å²) in [5.74, 6) is 0.604. The van der Waals surface area contributed by atoms with E-state index in [2.05, 4.69) is 24.4 Å². The van der Waals surface area contributed by atoms with Crippen molar-refractivity contribution in [1.29, 1.82) is 0 Å². The summed E-state index contributed by atoms with van der Waals surface area (Å²) in [5.41, 5.74) is 4.13. The first-order valence-electron chi connectivity index (χ1n) is 8.48. The Balaban J connectivity index is 1.74. The Labute approximate surface area is 148 Å². The van der Waals surface area contributed by atoms with Crippen LogP contribution >= 0.6 is 0 Å². The van der Waals surface area contributed by atoms with Crippen molar-refractivity contribution >= 4 is 22.4 Å². The second-order valence-corrected chi connectivity index (χ2v) is 6.52. The number of hydrogen-bond donors (Lipinski definition) is 1. The van der Waals surface area contributed by atoms with Crippen LogP contribution in [0.15, 0.2) is 54.6 Å². The molecule has 0 aliphatic rings. The monoisotopic (exact) mass is 333 g/mol. The van der Waals surface area contributed by atoms with Gasteiger partial charge in [0.15, 0.2) is 6.10 Å². The Morgan fingerprint density at radius 3 is 2.44 bits per heavy atom. The van der Waals surface area contributed by atoms with Gasteiger partial charge in [-0.15, -0.1) is 0 Å². The van der Waals surface area contributed by atoms with Crippen molar-refractivity contribution in [2.45, 2.75) is 33.8 Å². The summed E-state index contributed by atoms with van der Waals surface area (Å²) in [6.07, 6.45) is -0.577. The standard InChI is InChI=1S/C22H23NO2/c1-14-11-15(2)16(3)21(12-14)25-17(4)22(24)23-20-10-9-18-7-5-6-8-19(18)13-20/h5-13,17H,1-4H3,(H,23,24)/t17-/m1/s1. The Kier molecular flexibility index (Phi) is 4.75. The number of rotatable bonds is 4. The molecule has 0 aliphatic heterocycles. The fraction of sp³-hybridized carbons (Fsp3) is 0.227. The van der Waals surface area contributed by atoms with Crippen LogP contribution in [0.25, 0.3) is 10.8 Å². The number of carbonyl (C=O) groups is 1. The smallest absolute Gasteiger partial charge is 0.265 e. The zero-order valence-electron chi connectivity index (χ0n) is 15.1. The summed E-state index contributed by atoms with van der Waals surface area (Å²) in [7, 11) is 0. The Morgan fingerprint density at radius 1 is 0.960 bits per heavy atom. The SMILES string of the molecule is Cc1cc(C)c(C)c(O[C@H](C)C(=O)Nc2ccc3ccccc3c2)c1. The molecular formula is C22H23NO2. The topological polar surface area (TPSA) is 38.3 Å². The summed E-state index contributed by atoms with van der Waals surface area (Å²) >= 11 is 0. The molecule has 0 radical (unpaired) electrons. The molecule has 3 heteroatoms. The van der Waals surface area contributed by atoms with Crippen molar-refractivity contribution in [2.75, 3.05) is 5.32 Å². The van der Waals surface area contributed by atoms with Crippen LogP contribution in [0.2, 0.25) is 0 Å². The number of anilines is 1. The lowest BCUT2D eigenvalue weighted by atomic mass is 10.1. The molecule has 3 rings (SSSR count). The summed E-state index contributed by atoms with van der Waals surface area (Å²) < 4.78 is 5.92. The van der Waals surface area contributed by atoms with Gasteiger partial charge in [0, 0.05) is 5.69 Å². The van der Waals surface area contributed by atoms with Gasteiger partial charge in [-0.1, -0.05) is 36.4 Å². The molecule has 1 atom stereocenters. The Morgan fingerprint density at radius 2 is 1.68 bits per heavy atom. The molecule has 128 valence electrons. The van der Waals surface area contributed by atoms with E-state index >= 15 is 0 Å². The molecule has 0 unspecified atom stereocenters. The van der Waals surface area contributed by atoms with Crippen LogP contribution in [-0.2, 0) is 4.79 Å². The van der Waals surface area contributed by atoms with Gasteiger partial charge < -0.3 is 10.1 Å². The molecular weight excluding hydrogens is 310 g/mol. The highest BCUT2D eigenvalue weighted by Gasteiger charge is 2.17. The first-order chi connectivity index (χ1) is 11.9. The summed E-state index contributed by atoms with van der Waals surface area (Å²) in [5, 5.41) is 5.18. The first kappa shape index (κ1) is 17.0. The van der Waals surface area contributed by atoms with Crippen molar-refractivity contribution in [3.8, 4) is 5.75 Å². The molecule has 0 heterocycles. The normalized spacial score (nSPS) is 12.0. The van der Waals surface area contributed by atoms with Crippen molar-refractivity contribution in [2.24, 2.45) is 0 Å². The fourth-order valence-corrected chi connectivity index (χ4v) is 2.88. The van der Waals surface area contributed by atoms with Gasteiger partial charge in [0.25, 0.3) is 5.91 Å². The first-order valence-corrected chi connectivity index (χ1v) is 8.48. The van der Waals surface area contributed by atoms with Gasteiger partial charge in [0.1, 0.15) is 5.75 Å². The maximum Gasteiger partial charge on any atom is 0.265 e. The van der Waals surface area contributed by atoms with Crippen molar-refractivity contribution in [3.05, 3.63) is 71.3 Å². The Bertz CT molecular complexity index is 930. The van der Waals surface area contributed by atoms with Gasteiger partial charge in [-0.05, 0) is 73.4 Å². The molecule has 3 aromatic carbocycles. The third-order valence-corrected chi connectivity index (χ3v) is 4.45. The number of fused-ring (bicyclic) bond motifs is 1. The summed E-state index contributed by atoms with van der Waals surface area (Å²) in [6.45, 7) is 7.86. The van der Waals surface area contributed by atoms with Crippen LogP contribution < -0.4 is 10.1 Å². The number of nitrogens with one attached hydrogen (secondary N) is 1. The lowest BCUT2D eigenvalue weighted by molar-refractivity contribution is -0.122. The fourth-order valence-electron chi connectivity index (χ4n) is 2.88. The lowest BCUT2D eigenvalue weighted by Gasteiger charge is -2.18. The van der Waals surface area contributed by atoms with Gasteiger partial charge in [0.2, 0.25) is 0 Å². The van der Waals surface area contributed by atoms with Crippen LogP contribution in [0.4, 0.5) is 5.69 Å². The third kappa shape index (κ3) is 3.82. The van der Waals surface area contributed by atoms with Crippen molar-refractivity contribution < 1.29 is 9.53 Å². The average molecular weight is 333 g/mol. The van der Waals surface area contributed by atoms with E-state index in [1.54, 1.807) is 6.92 Å². The number of hydrogen-bond acceptors (Lipinski definition) is 2. The zero-order valence-corrected chi connectivity index (χ0v) is 15.1. The molecule has 25 heavy (non-hydrogen) atoms. The number of carbonyl (C=O) groups excluding carboxylic acids is 1. The van der Waals surface area contributed by atoms with Crippen LogP contribution in [0.5, 0.6) is 5.75 Å². The van der Waals surface area contributed by atoms with E-state index in [-0.39, 0.29) is 5.91 Å². The molecule has 1 amide bonds. The van der Waals surface area contributed by atoms with E-state index in [4.69, 9.17) is 4.74 Å². The van der Waals surface area contributed by atoms with Gasteiger partial charge in [0.05, 0.1) is 0 Å². The van der Waals surface area contributed by atoms with Crippen LogP contribution in [0.1, 0.15) is 23.6 Å². The zero-order chi connectivity index (χ0) is 18.0. The highest BCUT2D eigenvalue weighted by Crippen LogP contribution is 2.25. The largest absolute Gasteiger partial charge is 0.481 e. The molecule has 0 spiro atoms. The molecule has 0 bridgehead atoms. The van der Waals surface area contributed by atoms with E-state index in [9.17, 15) is 4.79 Å². The third-order valence-electron chi connectivity index (χ3n) is 4.45. The van der Waals surface area contributed by atoms with Gasteiger partial charge in [-0.2, -0.15) is 0 Å². The molecule has 1 N–H and O–H groups in total. The quantitative estimate of drug-likeness (QED) is 0.715. The second kappa shape index (κ2) is 6.98. The number of benzene rings is 3.